The molecule has 8 nitrogen and oxygen atoms in total. The average Bonchev–Trinajstić information content (AvgIpc) is 3.01. The molecular weight excluding hydrogens is 358 g/mol. The van der Waals surface area contributed by atoms with Gasteiger partial charge in [0.15, 0.2) is 0 Å². The predicted octanol–water partition coefficient (Wildman–Crippen LogP) is 2.54. The molecule has 0 unspecified atom stereocenters. The van der Waals surface area contributed by atoms with Crippen LogP contribution < -0.4 is 15.5 Å². The molecule has 0 radical (unpaired) electrons. The van der Waals surface area contributed by atoms with Crippen molar-refractivity contribution in [3.05, 3.63) is 53.9 Å². The second-order valence-electron chi connectivity index (χ2n) is 6.80. The predicted molar refractivity (Wildman–Crippen MR) is 106 cm³/mol. The van der Waals surface area contributed by atoms with Gasteiger partial charge in [0.05, 0.1) is 12.2 Å². The number of likely N-dealkylation sites (N-methyl/N-ethyl adjacent to an activating group) is 1. The molecule has 1 aliphatic heterocycles. The monoisotopic (exact) mass is 381 g/mol. The van der Waals surface area contributed by atoms with Crippen molar-refractivity contribution < 1.29 is 14.4 Å². The Bertz CT molecular complexity index is 898. The Morgan fingerprint density at radius 3 is 2.79 bits per heavy atom. The van der Waals surface area contributed by atoms with Crippen LogP contribution >= 0.6 is 0 Å². The van der Waals surface area contributed by atoms with Crippen LogP contribution in [0.4, 0.5) is 21.0 Å². The number of aromatic nitrogens is 1. The molecular formula is C20H23N5O3. The lowest BCUT2D eigenvalue weighted by molar-refractivity contribution is -0.115. The fourth-order valence-corrected chi connectivity index (χ4v) is 2.97. The minimum atomic E-state index is -0.468. The minimum absolute atomic E-state index is 0.0252. The molecule has 1 atom stereocenters. The Hall–Kier alpha value is -3.42. The van der Waals surface area contributed by atoms with E-state index >= 15 is 0 Å². The summed E-state index contributed by atoms with van der Waals surface area (Å²) >= 11 is 0. The summed E-state index contributed by atoms with van der Waals surface area (Å²) in [4.78, 5) is 43.3. The first-order valence-corrected chi connectivity index (χ1v) is 9.02. The van der Waals surface area contributed by atoms with Gasteiger partial charge in [-0.1, -0.05) is 12.1 Å². The standard InChI is InChI=1S/C20H23N5O3/c1-13-6-5-9-21-17(13)10-14(2)24(3)20(28)23-15-7-4-8-16(11-15)25-18(26)12-22-19(25)27/h4-9,11,14H,10,12H2,1-3H3,(H,22,27)(H,23,28)/t14-/m0/s1. The number of nitrogens with one attached hydrogen (secondary N) is 2. The molecule has 146 valence electrons. The smallest absolute Gasteiger partial charge is 0.328 e. The average molecular weight is 381 g/mol. The van der Waals surface area contributed by atoms with E-state index in [0.29, 0.717) is 17.8 Å². The zero-order chi connectivity index (χ0) is 20.3. The molecule has 1 aromatic carbocycles. The van der Waals surface area contributed by atoms with Gasteiger partial charge in [0.1, 0.15) is 0 Å². The molecule has 3 rings (SSSR count). The van der Waals surface area contributed by atoms with Crippen LogP contribution in [-0.2, 0) is 11.2 Å². The number of benzene rings is 1. The Kier molecular flexibility index (Phi) is 5.58. The van der Waals surface area contributed by atoms with Crippen molar-refractivity contribution in [1.82, 2.24) is 15.2 Å². The third kappa shape index (κ3) is 4.11. The number of imide groups is 1. The molecule has 0 saturated carbocycles. The summed E-state index contributed by atoms with van der Waals surface area (Å²) < 4.78 is 0. The minimum Gasteiger partial charge on any atom is -0.328 e. The summed E-state index contributed by atoms with van der Waals surface area (Å²) in [6.45, 7) is 3.93. The fourth-order valence-electron chi connectivity index (χ4n) is 2.97. The molecule has 0 aliphatic carbocycles. The van der Waals surface area contributed by atoms with Crippen molar-refractivity contribution in [2.24, 2.45) is 0 Å². The SMILES string of the molecule is Cc1cccnc1C[C@H](C)N(C)C(=O)Nc1cccc(N2C(=O)CNC2=O)c1. The highest BCUT2D eigenvalue weighted by atomic mass is 16.2. The first-order chi connectivity index (χ1) is 13.4. The Labute approximate surface area is 163 Å². The van der Waals surface area contributed by atoms with Gasteiger partial charge in [-0.2, -0.15) is 0 Å². The van der Waals surface area contributed by atoms with Crippen LogP contribution in [0.25, 0.3) is 0 Å². The van der Waals surface area contributed by atoms with Gasteiger partial charge in [-0.05, 0) is 43.7 Å². The lowest BCUT2D eigenvalue weighted by Gasteiger charge is -2.25. The lowest BCUT2D eigenvalue weighted by atomic mass is 10.1. The molecule has 2 N–H and O–H groups in total. The third-order valence-electron chi connectivity index (χ3n) is 4.79. The largest absolute Gasteiger partial charge is 0.329 e. The van der Waals surface area contributed by atoms with E-state index in [4.69, 9.17) is 0 Å². The highest BCUT2D eigenvalue weighted by molar-refractivity contribution is 6.20. The summed E-state index contributed by atoms with van der Waals surface area (Å²) in [5.41, 5.74) is 2.96. The molecule has 1 saturated heterocycles. The number of amides is 5. The maximum absolute atomic E-state index is 12.6. The van der Waals surface area contributed by atoms with Crippen LogP contribution in [0.3, 0.4) is 0 Å². The van der Waals surface area contributed by atoms with E-state index in [9.17, 15) is 14.4 Å². The van der Waals surface area contributed by atoms with E-state index in [-0.39, 0.29) is 24.5 Å². The summed E-state index contributed by atoms with van der Waals surface area (Å²) in [7, 11) is 1.72. The van der Waals surface area contributed by atoms with Crippen LogP contribution in [0.2, 0.25) is 0 Å². The van der Waals surface area contributed by atoms with Crippen molar-refractivity contribution in [2.45, 2.75) is 26.3 Å². The first kappa shape index (κ1) is 19.3. The van der Waals surface area contributed by atoms with Crippen molar-refractivity contribution in [3.63, 3.8) is 0 Å². The molecule has 2 aromatic rings. The van der Waals surface area contributed by atoms with Crippen molar-refractivity contribution >= 4 is 29.3 Å². The van der Waals surface area contributed by atoms with Gasteiger partial charge < -0.3 is 15.5 Å². The molecule has 8 heteroatoms. The van der Waals surface area contributed by atoms with Crippen LogP contribution in [0.15, 0.2) is 42.6 Å². The molecule has 5 amide bonds. The van der Waals surface area contributed by atoms with Crippen molar-refractivity contribution in [3.8, 4) is 0 Å². The van der Waals surface area contributed by atoms with Crippen LogP contribution in [0.1, 0.15) is 18.2 Å². The van der Waals surface area contributed by atoms with Crippen molar-refractivity contribution in [1.29, 1.82) is 0 Å². The Morgan fingerprint density at radius 2 is 2.11 bits per heavy atom. The zero-order valence-corrected chi connectivity index (χ0v) is 16.1. The topological polar surface area (TPSA) is 94.6 Å². The highest BCUT2D eigenvalue weighted by Crippen LogP contribution is 2.22. The maximum atomic E-state index is 12.6. The van der Waals surface area contributed by atoms with Gasteiger partial charge in [0, 0.05) is 37.1 Å². The number of hydrogen-bond acceptors (Lipinski definition) is 4. The zero-order valence-electron chi connectivity index (χ0n) is 16.1. The number of rotatable bonds is 5. The van der Waals surface area contributed by atoms with Crippen LogP contribution in [0.5, 0.6) is 0 Å². The Balaban J connectivity index is 1.67. The van der Waals surface area contributed by atoms with Gasteiger partial charge in [-0.15, -0.1) is 0 Å². The quantitative estimate of drug-likeness (QED) is 0.778. The maximum Gasteiger partial charge on any atom is 0.329 e. The number of anilines is 2. The molecule has 1 aliphatic rings. The molecule has 0 bridgehead atoms. The number of carbonyl (C=O) groups excluding carboxylic acids is 3. The molecule has 1 fully saturated rings. The summed E-state index contributed by atoms with van der Waals surface area (Å²) in [5, 5.41) is 5.29. The number of pyridine rings is 1. The number of urea groups is 2. The normalized spacial score (nSPS) is 14.6. The van der Waals surface area contributed by atoms with Gasteiger partial charge in [-0.3, -0.25) is 9.78 Å². The lowest BCUT2D eigenvalue weighted by Crippen LogP contribution is -2.39. The second-order valence-corrected chi connectivity index (χ2v) is 6.80. The number of hydrogen-bond donors (Lipinski definition) is 2. The molecule has 1 aromatic heterocycles. The summed E-state index contributed by atoms with van der Waals surface area (Å²) in [6.07, 6.45) is 2.38. The van der Waals surface area contributed by atoms with Crippen LogP contribution in [0, 0.1) is 6.92 Å². The van der Waals surface area contributed by atoms with Crippen LogP contribution in [-0.4, -0.2) is 47.5 Å². The summed E-state index contributed by atoms with van der Waals surface area (Å²) in [5.74, 6) is -0.329. The number of carbonyl (C=O) groups is 3. The van der Waals surface area contributed by atoms with E-state index in [2.05, 4.69) is 15.6 Å². The second kappa shape index (κ2) is 8.08. The van der Waals surface area contributed by atoms with E-state index < -0.39 is 6.03 Å². The molecule has 0 spiro atoms. The first-order valence-electron chi connectivity index (χ1n) is 9.02. The van der Waals surface area contributed by atoms with Gasteiger partial charge in [0.2, 0.25) is 0 Å². The van der Waals surface area contributed by atoms with E-state index in [0.717, 1.165) is 16.2 Å². The molecule has 28 heavy (non-hydrogen) atoms. The fraction of sp³-hybridized carbons (Fsp3) is 0.300. The number of aryl methyl sites for hydroxylation is 1. The Morgan fingerprint density at radius 1 is 1.32 bits per heavy atom. The van der Waals surface area contributed by atoms with Crippen molar-refractivity contribution in [2.75, 3.05) is 23.8 Å². The van der Waals surface area contributed by atoms with Gasteiger partial charge >= 0.3 is 12.1 Å². The van der Waals surface area contributed by atoms with E-state index in [1.54, 1.807) is 42.4 Å². The summed E-state index contributed by atoms with van der Waals surface area (Å²) in [6, 6.07) is 9.71. The third-order valence-corrected chi connectivity index (χ3v) is 4.79. The van der Waals surface area contributed by atoms with Gasteiger partial charge in [-0.25, -0.2) is 14.5 Å². The highest BCUT2D eigenvalue weighted by Gasteiger charge is 2.30. The van der Waals surface area contributed by atoms with Gasteiger partial charge in [0.25, 0.3) is 5.91 Å². The van der Waals surface area contributed by atoms with E-state index in [1.807, 2.05) is 26.0 Å². The molecule has 2 heterocycles. The number of nitrogens with zero attached hydrogens (tertiary/aromatic N) is 3. The van der Waals surface area contributed by atoms with E-state index in [1.165, 1.54) is 0 Å².